The maximum absolute atomic E-state index is 12.1. The smallest absolute Gasteiger partial charge is 0.251 e. The zero-order valence-corrected chi connectivity index (χ0v) is 12.7. The van der Waals surface area contributed by atoms with Gasteiger partial charge >= 0.3 is 0 Å². The molecule has 0 radical (unpaired) electrons. The fourth-order valence-electron chi connectivity index (χ4n) is 2.64. The van der Waals surface area contributed by atoms with Gasteiger partial charge in [-0.05, 0) is 43.4 Å². The molecule has 1 aliphatic rings. The third-order valence-electron chi connectivity index (χ3n) is 3.86. The minimum atomic E-state index is -0.418. The highest BCUT2D eigenvalue weighted by Gasteiger charge is 2.23. The number of nitrogens with one attached hydrogen (secondary N) is 1. The Labute approximate surface area is 122 Å². The van der Waals surface area contributed by atoms with Crippen LogP contribution in [0.4, 0.5) is 0 Å². The fraction of sp³-hybridized carbons (Fsp3) is 0.533. The number of aliphatic hydroxyl groups is 1. The standard InChI is InChI=1S/C15H20BrNO2/c1-10-6-7-12(16)8-13(10)15(19)17-9-14(18)11-4-2-3-5-11/h6-8,11,14,18H,2-5,9H2,1H3,(H,17,19). The number of rotatable bonds is 4. The van der Waals surface area contributed by atoms with Gasteiger partial charge in [0, 0.05) is 16.6 Å². The van der Waals surface area contributed by atoms with Crippen molar-refractivity contribution in [2.24, 2.45) is 5.92 Å². The second-order valence-corrected chi connectivity index (χ2v) is 6.20. The number of benzene rings is 1. The van der Waals surface area contributed by atoms with E-state index in [9.17, 15) is 9.90 Å². The van der Waals surface area contributed by atoms with Crippen LogP contribution in [0.3, 0.4) is 0 Å². The molecule has 19 heavy (non-hydrogen) atoms. The fourth-order valence-corrected chi connectivity index (χ4v) is 3.00. The normalized spacial score (nSPS) is 17.4. The Morgan fingerprint density at radius 2 is 2.16 bits per heavy atom. The molecule has 0 heterocycles. The number of amides is 1. The van der Waals surface area contributed by atoms with E-state index in [0.717, 1.165) is 22.9 Å². The van der Waals surface area contributed by atoms with E-state index in [2.05, 4.69) is 21.2 Å². The largest absolute Gasteiger partial charge is 0.391 e. The molecule has 2 rings (SSSR count). The van der Waals surface area contributed by atoms with Gasteiger partial charge in [0.2, 0.25) is 0 Å². The van der Waals surface area contributed by atoms with E-state index in [0.29, 0.717) is 18.0 Å². The van der Waals surface area contributed by atoms with Gasteiger partial charge in [-0.2, -0.15) is 0 Å². The summed E-state index contributed by atoms with van der Waals surface area (Å²) in [7, 11) is 0. The second-order valence-electron chi connectivity index (χ2n) is 5.28. The summed E-state index contributed by atoms with van der Waals surface area (Å²) in [6.07, 6.45) is 4.12. The summed E-state index contributed by atoms with van der Waals surface area (Å²) in [6, 6.07) is 5.64. The van der Waals surface area contributed by atoms with Crippen LogP contribution in [0.1, 0.15) is 41.6 Å². The third-order valence-corrected chi connectivity index (χ3v) is 4.35. The van der Waals surface area contributed by atoms with Crippen molar-refractivity contribution in [1.29, 1.82) is 0 Å². The first kappa shape index (κ1) is 14.5. The van der Waals surface area contributed by atoms with Crippen LogP contribution in [0.25, 0.3) is 0 Å². The SMILES string of the molecule is Cc1ccc(Br)cc1C(=O)NCC(O)C1CCCC1. The number of carbonyl (C=O) groups is 1. The van der Waals surface area contributed by atoms with E-state index in [1.54, 1.807) is 0 Å². The Bertz CT molecular complexity index is 455. The quantitative estimate of drug-likeness (QED) is 0.893. The molecule has 0 saturated heterocycles. The molecule has 1 aromatic carbocycles. The Morgan fingerprint density at radius 1 is 1.47 bits per heavy atom. The summed E-state index contributed by atoms with van der Waals surface area (Å²) < 4.78 is 0.889. The molecule has 0 spiro atoms. The van der Waals surface area contributed by atoms with Crippen LogP contribution >= 0.6 is 15.9 Å². The molecular weight excluding hydrogens is 306 g/mol. The highest BCUT2D eigenvalue weighted by atomic mass is 79.9. The van der Waals surface area contributed by atoms with Gasteiger partial charge in [-0.3, -0.25) is 4.79 Å². The first-order valence-electron chi connectivity index (χ1n) is 6.80. The number of hydrogen-bond acceptors (Lipinski definition) is 2. The summed E-state index contributed by atoms with van der Waals surface area (Å²) in [4.78, 5) is 12.1. The highest BCUT2D eigenvalue weighted by molar-refractivity contribution is 9.10. The van der Waals surface area contributed by atoms with Gasteiger partial charge in [0.05, 0.1) is 6.10 Å². The first-order chi connectivity index (χ1) is 9.08. The summed E-state index contributed by atoms with van der Waals surface area (Å²) in [5.41, 5.74) is 1.60. The molecule has 1 atom stereocenters. The zero-order valence-electron chi connectivity index (χ0n) is 11.2. The molecule has 1 saturated carbocycles. The molecule has 1 amide bonds. The molecule has 0 aromatic heterocycles. The third kappa shape index (κ3) is 3.80. The molecule has 0 bridgehead atoms. The molecule has 104 valence electrons. The topological polar surface area (TPSA) is 49.3 Å². The Kier molecular flexibility index (Phi) is 4.99. The minimum absolute atomic E-state index is 0.115. The van der Waals surface area contributed by atoms with E-state index in [-0.39, 0.29) is 5.91 Å². The van der Waals surface area contributed by atoms with E-state index < -0.39 is 6.10 Å². The predicted octanol–water partition coefficient (Wildman–Crippen LogP) is 3.04. The van der Waals surface area contributed by atoms with Gasteiger partial charge in [0.1, 0.15) is 0 Å². The van der Waals surface area contributed by atoms with Crippen LogP contribution in [0.15, 0.2) is 22.7 Å². The van der Waals surface area contributed by atoms with Gasteiger partial charge in [0.25, 0.3) is 5.91 Å². The lowest BCUT2D eigenvalue weighted by molar-refractivity contribution is 0.0840. The van der Waals surface area contributed by atoms with Crippen molar-refractivity contribution in [3.8, 4) is 0 Å². The maximum atomic E-state index is 12.1. The Hall–Kier alpha value is -0.870. The number of halogens is 1. The van der Waals surface area contributed by atoms with Crippen molar-refractivity contribution in [2.45, 2.75) is 38.7 Å². The van der Waals surface area contributed by atoms with Crippen LogP contribution in [-0.2, 0) is 0 Å². The first-order valence-corrected chi connectivity index (χ1v) is 7.59. The molecule has 2 N–H and O–H groups in total. The van der Waals surface area contributed by atoms with Crippen molar-refractivity contribution < 1.29 is 9.90 Å². The summed E-state index contributed by atoms with van der Waals surface area (Å²) in [5.74, 6) is 0.236. The maximum Gasteiger partial charge on any atom is 0.251 e. The second kappa shape index (κ2) is 6.53. The Morgan fingerprint density at radius 3 is 2.84 bits per heavy atom. The molecule has 1 unspecified atom stereocenters. The molecular formula is C15H20BrNO2. The number of aryl methyl sites for hydroxylation is 1. The van der Waals surface area contributed by atoms with E-state index in [4.69, 9.17) is 0 Å². The number of hydrogen-bond donors (Lipinski definition) is 2. The van der Waals surface area contributed by atoms with Crippen molar-refractivity contribution in [1.82, 2.24) is 5.32 Å². The summed E-state index contributed by atoms with van der Waals surface area (Å²) in [6.45, 7) is 2.25. The monoisotopic (exact) mass is 325 g/mol. The number of aliphatic hydroxyl groups excluding tert-OH is 1. The zero-order chi connectivity index (χ0) is 13.8. The predicted molar refractivity (Wildman–Crippen MR) is 79.2 cm³/mol. The summed E-state index contributed by atoms with van der Waals surface area (Å²) >= 11 is 3.37. The minimum Gasteiger partial charge on any atom is -0.391 e. The lowest BCUT2D eigenvalue weighted by atomic mass is 10.0. The van der Waals surface area contributed by atoms with Crippen LogP contribution in [0, 0.1) is 12.8 Å². The molecule has 4 heteroatoms. The van der Waals surface area contributed by atoms with Crippen LogP contribution < -0.4 is 5.32 Å². The van der Waals surface area contributed by atoms with Gasteiger partial charge in [-0.1, -0.05) is 34.8 Å². The van der Waals surface area contributed by atoms with Gasteiger partial charge < -0.3 is 10.4 Å². The van der Waals surface area contributed by atoms with E-state index >= 15 is 0 Å². The van der Waals surface area contributed by atoms with E-state index in [1.165, 1.54) is 12.8 Å². The van der Waals surface area contributed by atoms with Crippen LogP contribution in [0.2, 0.25) is 0 Å². The lowest BCUT2D eigenvalue weighted by Crippen LogP contribution is -2.35. The molecule has 3 nitrogen and oxygen atoms in total. The van der Waals surface area contributed by atoms with Crippen molar-refractivity contribution in [2.75, 3.05) is 6.54 Å². The van der Waals surface area contributed by atoms with Gasteiger partial charge in [0.15, 0.2) is 0 Å². The molecule has 1 aliphatic carbocycles. The average molecular weight is 326 g/mol. The highest BCUT2D eigenvalue weighted by Crippen LogP contribution is 2.27. The average Bonchev–Trinajstić information content (AvgIpc) is 2.92. The lowest BCUT2D eigenvalue weighted by Gasteiger charge is -2.18. The van der Waals surface area contributed by atoms with Crippen molar-refractivity contribution in [3.05, 3.63) is 33.8 Å². The van der Waals surface area contributed by atoms with Gasteiger partial charge in [-0.25, -0.2) is 0 Å². The van der Waals surface area contributed by atoms with Crippen molar-refractivity contribution in [3.63, 3.8) is 0 Å². The van der Waals surface area contributed by atoms with Crippen LogP contribution in [0.5, 0.6) is 0 Å². The molecule has 1 aromatic rings. The Balaban J connectivity index is 1.91. The summed E-state index contributed by atoms with van der Waals surface area (Å²) in [5, 5.41) is 12.9. The van der Waals surface area contributed by atoms with Crippen molar-refractivity contribution >= 4 is 21.8 Å². The molecule has 1 fully saturated rings. The number of carbonyl (C=O) groups excluding carboxylic acids is 1. The van der Waals surface area contributed by atoms with Crippen LogP contribution in [-0.4, -0.2) is 23.7 Å². The molecule has 0 aliphatic heterocycles. The van der Waals surface area contributed by atoms with E-state index in [1.807, 2.05) is 25.1 Å². The van der Waals surface area contributed by atoms with Gasteiger partial charge in [-0.15, -0.1) is 0 Å².